The molecule has 0 aliphatic carbocycles. The van der Waals surface area contributed by atoms with Crippen molar-refractivity contribution in [3.8, 4) is 0 Å². The van der Waals surface area contributed by atoms with Gasteiger partial charge in [-0.05, 0) is 5.92 Å². The van der Waals surface area contributed by atoms with Gasteiger partial charge in [0, 0.05) is 16.8 Å². The predicted octanol–water partition coefficient (Wildman–Crippen LogP) is 3.25. The molecule has 0 amide bonds. The summed E-state index contributed by atoms with van der Waals surface area (Å²) in [6.45, 7) is 6.81. The van der Waals surface area contributed by atoms with Gasteiger partial charge in [0.2, 0.25) is 0 Å². The zero-order chi connectivity index (χ0) is 8.69. The molecule has 0 aromatic heterocycles. The number of thiol groups is 1. The summed E-state index contributed by atoms with van der Waals surface area (Å²) < 4.78 is 0. The Hall–Kier alpha value is 0.440. The second-order valence-electron chi connectivity index (χ2n) is 2.94. The number of thioether (sulfide) groups is 1. The lowest BCUT2D eigenvalue weighted by atomic mass is 10.2. The largest absolute Gasteiger partial charge is 0.175 e. The van der Waals surface area contributed by atoms with Crippen LogP contribution in [0.1, 0.15) is 20.8 Å². The topological polar surface area (TPSA) is 0 Å². The summed E-state index contributed by atoms with van der Waals surface area (Å²) in [5.41, 5.74) is 0. The zero-order valence-corrected chi connectivity index (χ0v) is 9.29. The molecule has 0 bridgehead atoms. The highest BCUT2D eigenvalue weighted by molar-refractivity contribution is 8.00. The van der Waals surface area contributed by atoms with Crippen LogP contribution in [-0.4, -0.2) is 16.8 Å². The van der Waals surface area contributed by atoms with Crippen LogP contribution < -0.4 is 0 Å². The van der Waals surface area contributed by atoms with E-state index in [-0.39, 0.29) is 0 Å². The van der Waals surface area contributed by atoms with Crippen LogP contribution in [0.5, 0.6) is 0 Å². The Labute approximate surface area is 80.2 Å². The fourth-order valence-corrected chi connectivity index (χ4v) is 1.63. The smallest absolute Gasteiger partial charge is 0.0116 e. The molecule has 1 atom stereocenters. The quantitative estimate of drug-likeness (QED) is 0.513. The van der Waals surface area contributed by atoms with Gasteiger partial charge >= 0.3 is 0 Å². The molecular weight excluding hydrogens is 172 g/mol. The predicted molar refractivity (Wildman–Crippen MR) is 59.8 cm³/mol. The lowest BCUT2D eigenvalue weighted by Crippen LogP contribution is -2.05. The maximum atomic E-state index is 4.09. The molecule has 0 radical (unpaired) electrons. The summed E-state index contributed by atoms with van der Waals surface area (Å²) in [6.07, 6.45) is 4.29. The van der Waals surface area contributed by atoms with Crippen molar-refractivity contribution in [2.75, 3.05) is 11.5 Å². The maximum Gasteiger partial charge on any atom is 0.0116 e. The molecule has 0 rings (SSSR count). The average molecular weight is 190 g/mol. The van der Waals surface area contributed by atoms with E-state index >= 15 is 0 Å². The Kier molecular flexibility index (Phi) is 7.39. The van der Waals surface area contributed by atoms with Gasteiger partial charge in [0.15, 0.2) is 0 Å². The fraction of sp³-hybridized carbons (Fsp3) is 0.778. The first-order chi connectivity index (χ1) is 5.18. The number of hydrogen-bond acceptors (Lipinski definition) is 2. The van der Waals surface area contributed by atoms with Crippen LogP contribution in [0.4, 0.5) is 0 Å². The van der Waals surface area contributed by atoms with Crippen LogP contribution in [0.2, 0.25) is 0 Å². The molecule has 0 aromatic rings. The lowest BCUT2D eigenvalue weighted by Gasteiger charge is -2.12. The summed E-state index contributed by atoms with van der Waals surface area (Å²) in [4.78, 5) is 0. The Bertz CT molecular complexity index is 108. The minimum atomic E-state index is 0.763. The molecule has 0 spiro atoms. The second kappa shape index (κ2) is 7.11. The van der Waals surface area contributed by atoms with E-state index in [2.05, 4.69) is 45.6 Å². The van der Waals surface area contributed by atoms with E-state index in [0.29, 0.717) is 0 Å². The molecule has 0 fully saturated rings. The molecule has 0 saturated heterocycles. The standard InChI is InChI=1S/C9H18S2/c1-8(2)9(3)11-7-5-4-6-10/h4-5,8-10H,6-7H2,1-3H3/b5-4+. The molecule has 0 aliphatic heterocycles. The third-order valence-corrected chi connectivity index (χ3v) is 3.33. The molecular formula is C9H18S2. The zero-order valence-electron chi connectivity index (χ0n) is 7.58. The van der Waals surface area contributed by atoms with E-state index in [1.54, 1.807) is 0 Å². The van der Waals surface area contributed by atoms with Crippen molar-refractivity contribution in [1.29, 1.82) is 0 Å². The van der Waals surface area contributed by atoms with Crippen LogP contribution in [-0.2, 0) is 0 Å². The van der Waals surface area contributed by atoms with Crippen molar-refractivity contribution in [3.63, 3.8) is 0 Å². The van der Waals surface area contributed by atoms with Gasteiger partial charge in [0.1, 0.15) is 0 Å². The van der Waals surface area contributed by atoms with Crippen LogP contribution in [0.3, 0.4) is 0 Å². The Morgan fingerprint density at radius 3 is 2.36 bits per heavy atom. The van der Waals surface area contributed by atoms with Crippen molar-refractivity contribution >= 4 is 24.4 Å². The highest BCUT2D eigenvalue weighted by Crippen LogP contribution is 2.18. The van der Waals surface area contributed by atoms with Gasteiger partial charge in [0.25, 0.3) is 0 Å². The van der Waals surface area contributed by atoms with Crippen molar-refractivity contribution in [1.82, 2.24) is 0 Å². The van der Waals surface area contributed by atoms with Gasteiger partial charge in [-0.25, -0.2) is 0 Å². The average Bonchev–Trinajstić information content (AvgIpc) is 1.97. The molecule has 0 aromatic carbocycles. The fourth-order valence-electron chi connectivity index (χ4n) is 0.542. The summed E-state index contributed by atoms with van der Waals surface area (Å²) in [6, 6.07) is 0. The first-order valence-electron chi connectivity index (χ1n) is 4.06. The van der Waals surface area contributed by atoms with Crippen molar-refractivity contribution in [3.05, 3.63) is 12.2 Å². The lowest BCUT2D eigenvalue weighted by molar-refractivity contribution is 0.643. The minimum absolute atomic E-state index is 0.763. The maximum absolute atomic E-state index is 4.09. The van der Waals surface area contributed by atoms with Gasteiger partial charge in [-0.3, -0.25) is 0 Å². The van der Waals surface area contributed by atoms with Gasteiger partial charge in [-0.2, -0.15) is 24.4 Å². The monoisotopic (exact) mass is 190 g/mol. The first kappa shape index (κ1) is 11.4. The Balaban J connectivity index is 3.31. The van der Waals surface area contributed by atoms with E-state index in [4.69, 9.17) is 0 Å². The van der Waals surface area contributed by atoms with E-state index < -0.39 is 0 Å². The summed E-state index contributed by atoms with van der Waals surface area (Å²) in [5.74, 6) is 2.76. The van der Waals surface area contributed by atoms with Crippen LogP contribution in [0, 0.1) is 5.92 Å². The van der Waals surface area contributed by atoms with E-state index in [1.165, 1.54) is 0 Å². The van der Waals surface area contributed by atoms with Gasteiger partial charge in [-0.1, -0.05) is 32.9 Å². The van der Waals surface area contributed by atoms with E-state index in [1.807, 2.05) is 11.8 Å². The van der Waals surface area contributed by atoms with Gasteiger partial charge in [0.05, 0.1) is 0 Å². The summed E-state index contributed by atoms with van der Waals surface area (Å²) in [5, 5.41) is 0.763. The molecule has 0 nitrogen and oxygen atoms in total. The molecule has 11 heavy (non-hydrogen) atoms. The molecule has 0 aliphatic rings. The number of hydrogen-bond donors (Lipinski definition) is 1. The summed E-state index contributed by atoms with van der Waals surface area (Å²) >= 11 is 6.09. The van der Waals surface area contributed by atoms with Crippen LogP contribution >= 0.6 is 24.4 Å². The van der Waals surface area contributed by atoms with Crippen molar-refractivity contribution < 1.29 is 0 Å². The normalized spacial score (nSPS) is 14.6. The highest BCUT2D eigenvalue weighted by atomic mass is 32.2. The number of rotatable bonds is 5. The van der Waals surface area contributed by atoms with Crippen molar-refractivity contribution in [2.45, 2.75) is 26.0 Å². The molecule has 0 N–H and O–H groups in total. The molecule has 0 saturated carbocycles. The van der Waals surface area contributed by atoms with Crippen LogP contribution in [0.25, 0.3) is 0 Å². The van der Waals surface area contributed by atoms with E-state index in [0.717, 1.165) is 22.7 Å². The van der Waals surface area contributed by atoms with Gasteiger partial charge < -0.3 is 0 Å². The molecule has 1 unspecified atom stereocenters. The second-order valence-corrected chi connectivity index (χ2v) is 4.71. The SMILES string of the molecule is CC(C)C(C)SC/C=C/CS. The highest BCUT2D eigenvalue weighted by Gasteiger charge is 2.04. The third-order valence-electron chi connectivity index (χ3n) is 1.67. The Morgan fingerprint density at radius 1 is 1.27 bits per heavy atom. The Morgan fingerprint density at radius 2 is 1.91 bits per heavy atom. The third kappa shape index (κ3) is 6.82. The van der Waals surface area contributed by atoms with E-state index in [9.17, 15) is 0 Å². The minimum Gasteiger partial charge on any atom is -0.175 e. The van der Waals surface area contributed by atoms with Crippen molar-refractivity contribution in [2.24, 2.45) is 5.92 Å². The molecule has 66 valence electrons. The first-order valence-corrected chi connectivity index (χ1v) is 5.74. The van der Waals surface area contributed by atoms with Gasteiger partial charge in [-0.15, -0.1) is 0 Å². The van der Waals surface area contributed by atoms with Crippen LogP contribution in [0.15, 0.2) is 12.2 Å². The molecule has 2 heteroatoms. The molecule has 0 heterocycles. The summed E-state index contributed by atoms with van der Waals surface area (Å²) in [7, 11) is 0.